The number of hydrogen-bond acceptors (Lipinski definition) is 5. The number of benzene rings is 2. The van der Waals surface area contributed by atoms with Gasteiger partial charge in [-0.2, -0.15) is 13.2 Å². The van der Waals surface area contributed by atoms with Gasteiger partial charge in [0.15, 0.2) is 17.3 Å². The van der Waals surface area contributed by atoms with Crippen LogP contribution in [0, 0.1) is 0 Å². The number of halogens is 3. The fraction of sp³-hybridized carbons (Fsp3) is 0.360. The maximum Gasteiger partial charge on any atom is 0.418 e. The van der Waals surface area contributed by atoms with Crippen molar-refractivity contribution in [3.63, 3.8) is 0 Å². The first-order valence-electron chi connectivity index (χ1n) is 10.8. The van der Waals surface area contributed by atoms with Crippen LogP contribution < -0.4 is 19.1 Å². The average molecular weight is 475 g/mol. The summed E-state index contributed by atoms with van der Waals surface area (Å²) in [7, 11) is 4.38. The smallest absolute Gasteiger partial charge is 0.418 e. The summed E-state index contributed by atoms with van der Waals surface area (Å²) in [4.78, 5) is 27.6. The van der Waals surface area contributed by atoms with E-state index >= 15 is 0 Å². The Morgan fingerprint density at radius 2 is 1.59 bits per heavy atom. The molecule has 34 heavy (non-hydrogen) atoms. The van der Waals surface area contributed by atoms with Crippen LogP contribution >= 0.6 is 0 Å². The number of carbonyl (C=O) groups is 2. The number of methoxy groups -OCH3 is 3. The van der Waals surface area contributed by atoms with E-state index in [1.165, 1.54) is 39.5 Å². The summed E-state index contributed by atoms with van der Waals surface area (Å²) in [6.45, 7) is 0. The van der Waals surface area contributed by atoms with Crippen molar-refractivity contribution in [2.45, 2.75) is 37.8 Å². The Morgan fingerprint density at radius 3 is 2.18 bits per heavy atom. The van der Waals surface area contributed by atoms with Crippen LogP contribution in [0.4, 0.5) is 18.9 Å². The highest BCUT2D eigenvalue weighted by Crippen LogP contribution is 2.48. The zero-order chi connectivity index (χ0) is 24.6. The first-order valence-corrected chi connectivity index (χ1v) is 10.8. The third kappa shape index (κ3) is 3.99. The molecule has 2 aromatic rings. The normalized spacial score (nSPS) is 18.6. The number of allylic oxidation sites excluding steroid dienone is 2. The van der Waals surface area contributed by atoms with Gasteiger partial charge in [-0.3, -0.25) is 14.5 Å². The summed E-state index contributed by atoms with van der Waals surface area (Å²) in [5.74, 6) is -0.246. The van der Waals surface area contributed by atoms with E-state index in [2.05, 4.69) is 0 Å². The van der Waals surface area contributed by atoms with Gasteiger partial charge in [0.2, 0.25) is 11.7 Å². The number of ketones is 1. The highest BCUT2D eigenvalue weighted by atomic mass is 19.4. The van der Waals surface area contributed by atoms with Crippen molar-refractivity contribution >= 4 is 17.4 Å². The Labute approximate surface area is 194 Å². The number of rotatable bonds is 5. The summed E-state index contributed by atoms with van der Waals surface area (Å²) in [5.41, 5.74) is 0.0967. The number of anilines is 1. The lowest BCUT2D eigenvalue weighted by Crippen LogP contribution is -2.41. The van der Waals surface area contributed by atoms with Crippen LogP contribution in [0.3, 0.4) is 0 Å². The highest BCUT2D eigenvalue weighted by molar-refractivity contribution is 6.07. The van der Waals surface area contributed by atoms with E-state index in [4.69, 9.17) is 14.2 Å². The maximum atomic E-state index is 13.8. The van der Waals surface area contributed by atoms with Crippen LogP contribution in [0.25, 0.3) is 0 Å². The van der Waals surface area contributed by atoms with Gasteiger partial charge in [0.05, 0.1) is 32.6 Å². The molecule has 1 aliphatic carbocycles. The standard InChI is InChI=1S/C25H24F3NO5/c1-32-20-11-14(12-21(33-2)24(20)34-3)15-13-22(31)29(18-9-6-10-19(30)23(15)18)17-8-5-4-7-16(17)25(26,27)28/h4-5,7-8,11-12,15H,6,9-10,13H2,1-3H3. The molecule has 0 spiro atoms. The van der Waals surface area contributed by atoms with Gasteiger partial charge < -0.3 is 14.2 Å². The maximum absolute atomic E-state index is 13.8. The first kappa shape index (κ1) is 23.7. The molecule has 0 saturated heterocycles. The largest absolute Gasteiger partial charge is 0.493 e. The van der Waals surface area contributed by atoms with Crippen LogP contribution in [-0.4, -0.2) is 33.0 Å². The quantitative estimate of drug-likeness (QED) is 0.591. The van der Waals surface area contributed by atoms with Gasteiger partial charge in [-0.05, 0) is 42.7 Å². The molecule has 0 saturated carbocycles. The molecule has 1 heterocycles. The minimum Gasteiger partial charge on any atom is -0.493 e. The second-order valence-electron chi connectivity index (χ2n) is 8.10. The number of alkyl halides is 3. The monoisotopic (exact) mass is 475 g/mol. The molecule has 1 atom stereocenters. The molecule has 0 bridgehead atoms. The van der Waals surface area contributed by atoms with Crippen LogP contribution in [0.5, 0.6) is 17.2 Å². The zero-order valence-electron chi connectivity index (χ0n) is 19.0. The van der Waals surface area contributed by atoms with E-state index in [0.717, 1.165) is 11.0 Å². The lowest BCUT2D eigenvalue weighted by molar-refractivity contribution is -0.137. The number of para-hydroxylation sites is 1. The SMILES string of the molecule is COc1cc(C2CC(=O)N(c3ccccc3C(F)(F)F)C3=C2C(=O)CCC3)cc(OC)c1OC. The van der Waals surface area contributed by atoms with Crippen molar-refractivity contribution in [1.82, 2.24) is 0 Å². The lowest BCUT2D eigenvalue weighted by atomic mass is 9.77. The van der Waals surface area contributed by atoms with Crippen molar-refractivity contribution in [2.24, 2.45) is 0 Å². The topological polar surface area (TPSA) is 65.1 Å². The van der Waals surface area contributed by atoms with Gasteiger partial charge >= 0.3 is 6.18 Å². The highest BCUT2D eigenvalue weighted by Gasteiger charge is 2.43. The van der Waals surface area contributed by atoms with E-state index in [1.807, 2.05) is 0 Å². The fourth-order valence-electron chi connectivity index (χ4n) is 4.77. The molecule has 0 aromatic heterocycles. The summed E-state index contributed by atoms with van der Waals surface area (Å²) in [6.07, 6.45) is -3.78. The van der Waals surface area contributed by atoms with E-state index in [1.54, 1.807) is 12.1 Å². The summed E-state index contributed by atoms with van der Waals surface area (Å²) in [6, 6.07) is 8.29. The van der Waals surface area contributed by atoms with Crippen molar-refractivity contribution in [2.75, 3.05) is 26.2 Å². The Morgan fingerprint density at radius 1 is 0.941 bits per heavy atom. The number of amides is 1. The minimum absolute atomic E-state index is 0.171. The van der Waals surface area contributed by atoms with Gasteiger partial charge in [0.25, 0.3) is 0 Å². The molecule has 4 rings (SSSR count). The Kier molecular flexibility index (Phi) is 6.29. The van der Waals surface area contributed by atoms with E-state index in [-0.39, 0.29) is 24.3 Å². The molecular weight excluding hydrogens is 451 g/mol. The second-order valence-corrected chi connectivity index (χ2v) is 8.10. The van der Waals surface area contributed by atoms with Gasteiger partial charge in [-0.15, -0.1) is 0 Å². The van der Waals surface area contributed by atoms with E-state index in [9.17, 15) is 22.8 Å². The van der Waals surface area contributed by atoms with Crippen LogP contribution in [0.2, 0.25) is 0 Å². The lowest BCUT2D eigenvalue weighted by Gasteiger charge is -2.39. The number of ether oxygens (including phenoxy) is 3. The van der Waals surface area contributed by atoms with E-state index in [0.29, 0.717) is 46.9 Å². The molecule has 0 fully saturated rings. The molecular formula is C25H24F3NO5. The van der Waals surface area contributed by atoms with E-state index < -0.39 is 23.6 Å². The number of carbonyl (C=O) groups excluding carboxylic acids is 2. The Bertz CT molecular complexity index is 1150. The number of Topliss-reactive ketones (excluding diaryl/α,β-unsaturated/α-hetero) is 1. The molecule has 2 aromatic carbocycles. The van der Waals surface area contributed by atoms with Crippen LogP contribution in [0.1, 0.15) is 42.7 Å². The molecule has 0 radical (unpaired) electrons. The van der Waals surface area contributed by atoms with Gasteiger partial charge in [0, 0.05) is 30.0 Å². The number of hydrogen-bond donors (Lipinski definition) is 0. The van der Waals surface area contributed by atoms with Crippen molar-refractivity contribution < 1.29 is 37.0 Å². The van der Waals surface area contributed by atoms with Crippen molar-refractivity contribution in [3.8, 4) is 17.2 Å². The molecule has 1 amide bonds. The summed E-state index contributed by atoms with van der Waals surface area (Å²) < 4.78 is 57.4. The second kappa shape index (κ2) is 9.04. The fourth-order valence-corrected chi connectivity index (χ4v) is 4.77. The van der Waals surface area contributed by atoms with Crippen molar-refractivity contribution in [1.29, 1.82) is 0 Å². The molecule has 2 aliphatic rings. The van der Waals surface area contributed by atoms with Crippen LogP contribution in [-0.2, 0) is 15.8 Å². The molecule has 0 N–H and O–H groups in total. The molecule has 6 nitrogen and oxygen atoms in total. The average Bonchev–Trinajstić information content (AvgIpc) is 2.82. The summed E-state index contributed by atoms with van der Waals surface area (Å²) in [5, 5.41) is 0. The third-order valence-corrected chi connectivity index (χ3v) is 6.22. The first-order chi connectivity index (χ1) is 16.2. The van der Waals surface area contributed by atoms with Crippen molar-refractivity contribution in [3.05, 3.63) is 58.8 Å². The predicted octanol–water partition coefficient (Wildman–Crippen LogP) is 5.26. The Hall–Kier alpha value is -3.49. The summed E-state index contributed by atoms with van der Waals surface area (Å²) >= 11 is 0. The third-order valence-electron chi connectivity index (χ3n) is 6.22. The minimum atomic E-state index is -4.65. The molecule has 1 unspecified atom stereocenters. The molecule has 9 heteroatoms. The predicted molar refractivity (Wildman–Crippen MR) is 118 cm³/mol. The van der Waals surface area contributed by atoms with Gasteiger partial charge in [-0.1, -0.05) is 12.1 Å². The number of nitrogens with zero attached hydrogens (tertiary/aromatic N) is 1. The molecule has 1 aliphatic heterocycles. The van der Waals surface area contributed by atoms with Gasteiger partial charge in [0.1, 0.15) is 0 Å². The van der Waals surface area contributed by atoms with Gasteiger partial charge in [-0.25, -0.2) is 0 Å². The zero-order valence-corrected chi connectivity index (χ0v) is 19.0. The molecule has 180 valence electrons. The van der Waals surface area contributed by atoms with Crippen LogP contribution in [0.15, 0.2) is 47.7 Å². The Balaban J connectivity index is 1.91.